The summed E-state index contributed by atoms with van der Waals surface area (Å²) in [4.78, 5) is 12.2. The standard InChI is InChI=1S/C17H12O3S/c18-7-2-1-3-12-4-5-16-14(9-12)15(19)10-17(20-16)13-6-8-21-11-13/h4-6,8-11,18H,2,7H2. The average Bonchev–Trinajstić information content (AvgIpc) is 3.02. The number of hydrogen-bond acceptors (Lipinski definition) is 4. The predicted molar refractivity (Wildman–Crippen MR) is 84.4 cm³/mol. The molecule has 21 heavy (non-hydrogen) atoms. The maximum atomic E-state index is 12.2. The Kier molecular flexibility index (Phi) is 3.87. The highest BCUT2D eigenvalue weighted by Gasteiger charge is 2.07. The summed E-state index contributed by atoms with van der Waals surface area (Å²) in [5.41, 5.74) is 2.12. The van der Waals surface area contributed by atoms with Crippen LogP contribution >= 0.6 is 11.3 Å². The molecule has 3 nitrogen and oxygen atoms in total. The molecule has 3 rings (SSSR count). The van der Waals surface area contributed by atoms with Crippen molar-refractivity contribution in [3.05, 3.63) is 56.9 Å². The number of aliphatic hydroxyl groups excluding tert-OH is 1. The van der Waals surface area contributed by atoms with Gasteiger partial charge >= 0.3 is 0 Å². The van der Waals surface area contributed by atoms with Gasteiger partial charge in [-0.2, -0.15) is 11.3 Å². The largest absolute Gasteiger partial charge is 0.456 e. The Morgan fingerprint density at radius 1 is 1.24 bits per heavy atom. The molecule has 0 radical (unpaired) electrons. The van der Waals surface area contributed by atoms with Gasteiger partial charge in [-0.3, -0.25) is 4.79 Å². The Labute approximate surface area is 125 Å². The molecular weight excluding hydrogens is 284 g/mol. The molecule has 1 N–H and O–H groups in total. The Morgan fingerprint density at radius 2 is 2.14 bits per heavy atom. The maximum Gasteiger partial charge on any atom is 0.193 e. The van der Waals surface area contributed by atoms with E-state index in [0.29, 0.717) is 23.2 Å². The van der Waals surface area contributed by atoms with Crippen LogP contribution in [0.5, 0.6) is 0 Å². The van der Waals surface area contributed by atoms with E-state index in [9.17, 15) is 4.79 Å². The molecule has 0 saturated carbocycles. The van der Waals surface area contributed by atoms with E-state index in [0.717, 1.165) is 11.1 Å². The molecule has 0 aliphatic rings. The maximum absolute atomic E-state index is 12.2. The van der Waals surface area contributed by atoms with Crippen LogP contribution in [0.15, 0.2) is 50.3 Å². The lowest BCUT2D eigenvalue weighted by Crippen LogP contribution is -2.00. The normalized spacial score (nSPS) is 10.3. The van der Waals surface area contributed by atoms with E-state index in [-0.39, 0.29) is 12.0 Å². The van der Waals surface area contributed by atoms with Crippen molar-refractivity contribution in [3.8, 4) is 23.2 Å². The summed E-state index contributed by atoms with van der Waals surface area (Å²) in [7, 11) is 0. The number of rotatable bonds is 2. The molecule has 0 atom stereocenters. The molecule has 2 aromatic heterocycles. The van der Waals surface area contributed by atoms with Crippen LogP contribution in [0, 0.1) is 11.8 Å². The van der Waals surface area contributed by atoms with E-state index in [1.165, 1.54) is 6.07 Å². The monoisotopic (exact) mass is 296 g/mol. The molecule has 0 bridgehead atoms. The number of fused-ring (bicyclic) bond motifs is 1. The van der Waals surface area contributed by atoms with Gasteiger partial charge in [0.05, 0.1) is 12.0 Å². The third-order valence-corrected chi connectivity index (χ3v) is 3.69. The van der Waals surface area contributed by atoms with Gasteiger partial charge in [-0.1, -0.05) is 11.8 Å². The fourth-order valence-corrected chi connectivity index (χ4v) is 2.65. The Bertz CT molecular complexity index is 880. The fourth-order valence-electron chi connectivity index (χ4n) is 2.00. The molecule has 4 heteroatoms. The van der Waals surface area contributed by atoms with E-state index < -0.39 is 0 Å². The van der Waals surface area contributed by atoms with Gasteiger partial charge in [0, 0.05) is 29.0 Å². The van der Waals surface area contributed by atoms with Crippen molar-refractivity contribution in [2.24, 2.45) is 0 Å². The smallest absolute Gasteiger partial charge is 0.193 e. The summed E-state index contributed by atoms with van der Waals surface area (Å²) in [6.07, 6.45) is 0.420. The summed E-state index contributed by atoms with van der Waals surface area (Å²) >= 11 is 1.56. The first-order valence-corrected chi connectivity index (χ1v) is 7.42. The van der Waals surface area contributed by atoms with Crippen molar-refractivity contribution in [3.63, 3.8) is 0 Å². The summed E-state index contributed by atoms with van der Waals surface area (Å²) in [6, 6.07) is 8.73. The minimum Gasteiger partial charge on any atom is -0.456 e. The molecule has 0 saturated heterocycles. The number of benzene rings is 1. The molecule has 0 aliphatic heterocycles. The fraction of sp³-hybridized carbons (Fsp3) is 0.118. The van der Waals surface area contributed by atoms with Crippen LogP contribution in [0.3, 0.4) is 0 Å². The molecule has 104 valence electrons. The predicted octanol–water partition coefficient (Wildman–Crippen LogP) is 3.26. The zero-order chi connectivity index (χ0) is 14.7. The van der Waals surface area contributed by atoms with Crippen molar-refractivity contribution < 1.29 is 9.52 Å². The van der Waals surface area contributed by atoms with Crippen molar-refractivity contribution in [1.29, 1.82) is 0 Å². The van der Waals surface area contributed by atoms with Gasteiger partial charge in [-0.05, 0) is 29.6 Å². The highest BCUT2D eigenvalue weighted by Crippen LogP contribution is 2.24. The van der Waals surface area contributed by atoms with Gasteiger partial charge in [-0.15, -0.1) is 0 Å². The van der Waals surface area contributed by atoms with Gasteiger partial charge in [0.1, 0.15) is 11.3 Å². The van der Waals surface area contributed by atoms with Crippen LogP contribution in [-0.2, 0) is 0 Å². The van der Waals surface area contributed by atoms with E-state index in [4.69, 9.17) is 9.52 Å². The molecule has 0 spiro atoms. The summed E-state index contributed by atoms with van der Waals surface area (Å²) < 4.78 is 5.79. The molecule has 0 unspecified atom stereocenters. The van der Waals surface area contributed by atoms with Crippen LogP contribution in [0.25, 0.3) is 22.3 Å². The highest BCUT2D eigenvalue weighted by molar-refractivity contribution is 7.08. The van der Waals surface area contributed by atoms with E-state index in [1.807, 2.05) is 22.9 Å². The molecule has 3 aromatic rings. The lowest BCUT2D eigenvalue weighted by Gasteiger charge is -2.01. The van der Waals surface area contributed by atoms with Gasteiger partial charge in [0.15, 0.2) is 5.43 Å². The zero-order valence-electron chi connectivity index (χ0n) is 11.1. The van der Waals surface area contributed by atoms with Crippen molar-refractivity contribution >= 4 is 22.3 Å². The number of thiophene rings is 1. The lowest BCUT2D eigenvalue weighted by atomic mass is 10.1. The first-order chi connectivity index (χ1) is 10.3. The molecule has 0 fully saturated rings. The van der Waals surface area contributed by atoms with Crippen LogP contribution in [-0.4, -0.2) is 11.7 Å². The Morgan fingerprint density at radius 3 is 2.90 bits per heavy atom. The topological polar surface area (TPSA) is 50.4 Å². The Balaban J connectivity index is 2.08. The second-order valence-corrected chi connectivity index (χ2v) is 5.25. The summed E-state index contributed by atoms with van der Waals surface area (Å²) in [5.74, 6) is 6.33. The van der Waals surface area contributed by atoms with Crippen LogP contribution < -0.4 is 5.43 Å². The lowest BCUT2D eigenvalue weighted by molar-refractivity contribution is 0.305. The van der Waals surface area contributed by atoms with Gasteiger partial charge in [0.25, 0.3) is 0 Å². The molecule has 0 aliphatic carbocycles. The molecule has 0 amide bonds. The summed E-state index contributed by atoms with van der Waals surface area (Å²) in [5, 5.41) is 13.1. The van der Waals surface area contributed by atoms with Crippen molar-refractivity contribution in [2.75, 3.05) is 6.61 Å². The summed E-state index contributed by atoms with van der Waals surface area (Å²) in [6.45, 7) is 0.0344. The highest BCUT2D eigenvalue weighted by atomic mass is 32.1. The molecule has 2 heterocycles. The third kappa shape index (κ3) is 2.89. The van der Waals surface area contributed by atoms with Crippen molar-refractivity contribution in [2.45, 2.75) is 6.42 Å². The minimum absolute atomic E-state index is 0.0344. The Hall–Kier alpha value is -2.35. The second kappa shape index (κ2) is 5.96. The van der Waals surface area contributed by atoms with Gasteiger partial charge in [-0.25, -0.2) is 0 Å². The third-order valence-electron chi connectivity index (χ3n) is 3.00. The minimum atomic E-state index is -0.0803. The number of aliphatic hydroxyl groups is 1. The average molecular weight is 296 g/mol. The molecule has 1 aromatic carbocycles. The zero-order valence-corrected chi connectivity index (χ0v) is 11.9. The van der Waals surface area contributed by atoms with E-state index in [2.05, 4.69) is 11.8 Å². The first kappa shape index (κ1) is 13.6. The van der Waals surface area contributed by atoms with Crippen LogP contribution in [0.4, 0.5) is 0 Å². The SMILES string of the molecule is O=c1cc(-c2ccsc2)oc2ccc(C#CCCO)cc12. The second-order valence-electron chi connectivity index (χ2n) is 4.47. The van der Waals surface area contributed by atoms with E-state index >= 15 is 0 Å². The van der Waals surface area contributed by atoms with Crippen LogP contribution in [0.1, 0.15) is 12.0 Å². The van der Waals surface area contributed by atoms with Crippen molar-refractivity contribution in [1.82, 2.24) is 0 Å². The number of hydrogen-bond donors (Lipinski definition) is 1. The van der Waals surface area contributed by atoms with Crippen LogP contribution in [0.2, 0.25) is 0 Å². The van der Waals surface area contributed by atoms with E-state index in [1.54, 1.807) is 23.5 Å². The van der Waals surface area contributed by atoms with Gasteiger partial charge in [0.2, 0.25) is 0 Å². The molecular formula is C17H12O3S. The van der Waals surface area contributed by atoms with Gasteiger partial charge < -0.3 is 9.52 Å². The quantitative estimate of drug-likeness (QED) is 0.738. The first-order valence-electron chi connectivity index (χ1n) is 6.48.